The van der Waals surface area contributed by atoms with Crippen LogP contribution in [-0.4, -0.2) is 7.05 Å². The lowest BCUT2D eigenvalue weighted by atomic mass is 9.99. The summed E-state index contributed by atoms with van der Waals surface area (Å²) in [7, 11) is 1.92. The number of allylic oxidation sites excluding steroid dienone is 2. The fourth-order valence-electron chi connectivity index (χ4n) is 2.06. The number of rotatable bonds is 5. The smallest absolute Gasteiger partial charge is 0.00631 e. The summed E-state index contributed by atoms with van der Waals surface area (Å²) in [5, 5.41) is 3.09. The molecule has 0 bridgehead atoms. The van der Waals surface area contributed by atoms with E-state index in [9.17, 15) is 0 Å². The second-order valence-corrected chi connectivity index (χ2v) is 5.51. The van der Waals surface area contributed by atoms with Crippen LogP contribution in [0.25, 0.3) is 5.57 Å². The predicted octanol–water partition coefficient (Wildman–Crippen LogP) is 6.34. The predicted molar refractivity (Wildman–Crippen MR) is 110 cm³/mol. The third-order valence-corrected chi connectivity index (χ3v) is 3.57. The van der Waals surface area contributed by atoms with Gasteiger partial charge in [0.1, 0.15) is 0 Å². The van der Waals surface area contributed by atoms with Crippen LogP contribution in [0.15, 0.2) is 79.5 Å². The molecule has 0 aliphatic carbocycles. The highest BCUT2D eigenvalue weighted by Gasteiger charge is 2.05. The minimum Gasteiger partial charge on any atom is -0.392 e. The topological polar surface area (TPSA) is 12.0 Å². The van der Waals surface area contributed by atoms with Crippen molar-refractivity contribution in [2.45, 2.75) is 34.1 Å². The van der Waals surface area contributed by atoms with Gasteiger partial charge in [-0.1, -0.05) is 100 Å². The van der Waals surface area contributed by atoms with Gasteiger partial charge in [-0.3, -0.25) is 0 Å². The number of nitrogens with one attached hydrogen (secondary N) is 1. The van der Waals surface area contributed by atoms with E-state index in [0.717, 1.165) is 17.7 Å². The maximum Gasteiger partial charge on any atom is 0.00631 e. The first-order valence-corrected chi connectivity index (χ1v) is 8.66. The van der Waals surface area contributed by atoms with Crippen LogP contribution in [0.5, 0.6) is 0 Å². The van der Waals surface area contributed by atoms with E-state index in [1.54, 1.807) is 0 Å². The maximum absolute atomic E-state index is 3.96. The second-order valence-electron chi connectivity index (χ2n) is 5.51. The van der Waals surface area contributed by atoms with E-state index in [1.807, 2.05) is 52.1 Å². The fourth-order valence-corrected chi connectivity index (χ4v) is 2.06. The minimum absolute atomic E-state index is 0.493. The lowest BCUT2D eigenvalue weighted by Gasteiger charge is -2.13. The summed E-state index contributed by atoms with van der Waals surface area (Å²) in [5.74, 6) is 0.493. The lowest BCUT2D eigenvalue weighted by molar-refractivity contribution is 0.633. The van der Waals surface area contributed by atoms with Gasteiger partial charge in [-0.05, 0) is 30.4 Å². The van der Waals surface area contributed by atoms with Gasteiger partial charge in [0.25, 0.3) is 0 Å². The Labute approximate surface area is 149 Å². The molecule has 1 unspecified atom stereocenters. The Balaban J connectivity index is 0.000000420. The van der Waals surface area contributed by atoms with E-state index in [1.165, 1.54) is 11.1 Å². The van der Waals surface area contributed by atoms with E-state index in [-0.39, 0.29) is 0 Å². The van der Waals surface area contributed by atoms with Crippen LogP contribution in [-0.2, 0) is 6.42 Å². The molecule has 2 aromatic rings. The van der Waals surface area contributed by atoms with Crippen LogP contribution in [0.1, 0.15) is 38.8 Å². The summed E-state index contributed by atoms with van der Waals surface area (Å²) in [6.07, 6.45) is 1.06. The molecule has 0 fully saturated rings. The summed E-state index contributed by atoms with van der Waals surface area (Å²) in [6, 6.07) is 20.7. The molecule has 2 rings (SSSR count). The van der Waals surface area contributed by atoms with Crippen LogP contribution in [0, 0.1) is 5.92 Å². The van der Waals surface area contributed by atoms with Gasteiger partial charge in [-0.2, -0.15) is 0 Å². The quantitative estimate of drug-likeness (QED) is 0.676. The maximum atomic E-state index is 3.96. The molecule has 1 heteroatoms. The fraction of sp³-hybridized carbons (Fsp3) is 0.304. The molecular formula is C23H33N. The molecule has 0 amide bonds. The van der Waals surface area contributed by atoms with Crippen molar-refractivity contribution >= 4 is 5.57 Å². The molecule has 2 aromatic carbocycles. The molecule has 0 saturated carbocycles. The molecule has 1 atom stereocenters. The van der Waals surface area contributed by atoms with Crippen molar-refractivity contribution in [3.8, 4) is 0 Å². The van der Waals surface area contributed by atoms with Gasteiger partial charge in [-0.25, -0.2) is 0 Å². The highest BCUT2D eigenvalue weighted by Crippen LogP contribution is 2.12. The van der Waals surface area contributed by atoms with Gasteiger partial charge in [0.2, 0.25) is 0 Å². The Hall–Kier alpha value is -2.28. The molecule has 0 saturated heterocycles. The van der Waals surface area contributed by atoms with E-state index >= 15 is 0 Å². The van der Waals surface area contributed by atoms with Crippen molar-refractivity contribution in [1.29, 1.82) is 0 Å². The van der Waals surface area contributed by atoms with Crippen molar-refractivity contribution in [3.05, 3.63) is 90.6 Å². The van der Waals surface area contributed by atoms with Crippen LogP contribution in [0.3, 0.4) is 0 Å². The Morgan fingerprint density at radius 3 is 1.75 bits per heavy atom. The monoisotopic (exact) mass is 323 g/mol. The summed E-state index contributed by atoms with van der Waals surface area (Å²) in [4.78, 5) is 0. The molecule has 1 N–H and O–H groups in total. The van der Waals surface area contributed by atoms with Crippen molar-refractivity contribution in [2.24, 2.45) is 5.92 Å². The average molecular weight is 324 g/mol. The zero-order valence-electron chi connectivity index (χ0n) is 16.0. The van der Waals surface area contributed by atoms with Crippen molar-refractivity contribution in [2.75, 3.05) is 7.05 Å². The zero-order valence-corrected chi connectivity index (χ0v) is 16.0. The molecule has 0 aliphatic rings. The van der Waals surface area contributed by atoms with Crippen LogP contribution >= 0.6 is 0 Å². The molecule has 0 aliphatic heterocycles. The van der Waals surface area contributed by atoms with Gasteiger partial charge >= 0.3 is 0 Å². The molecule has 0 spiro atoms. The zero-order chi connectivity index (χ0) is 18.4. The van der Waals surface area contributed by atoms with E-state index in [4.69, 9.17) is 0 Å². The first-order chi connectivity index (χ1) is 11.5. The summed E-state index contributed by atoms with van der Waals surface area (Å²) >= 11 is 0. The van der Waals surface area contributed by atoms with E-state index < -0.39 is 0 Å². The molecule has 0 aromatic heterocycles. The molecule has 0 heterocycles. The number of hydrogen-bond acceptors (Lipinski definition) is 1. The Morgan fingerprint density at radius 2 is 1.38 bits per heavy atom. The summed E-state index contributed by atoms with van der Waals surface area (Å²) < 4.78 is 0. The van der Waals surface area contributed by atoms with Crippen LogP contribution in [0.4, 0.5) is 0 Å². The van der Waals surface area contributed by atoms with Crippen molar-refractivity contribution < 1.29 is 0 Å². The highest BCUT2D eigenvalue weighted by atomic mass is 14.8. The molecular weight excluding hydrogens is 290 g/mol. The molecule has 0 radical (unpaired) electrons. The second kappa shape index (κ2) is 13.2. The van der Waals surface area contributed by atoms with Crippen molar-refractivity contribution in [1.82, 2.24) is 5.32 Å². The van der Waals surface area contributed by atoms with Gasteiger partial charge in [0.05, 0.1) is 0 Å². The normalized spacial score (nSPS) is 10.2. The Kier molecular flexibility index (Phi) is 11.9. The highest BCUT2D eigenvalue weighted by molar-refractivity contribution is 5.60. The standard InChI is InChI=1S/C12H17N.C9H10.C2H6/c1-10(11(2)13-3)9-12-7-5-4-6-8-12;1-8(2)9-6-4-3-5-7-9;1-2/h4-8,10,13H,2,9H2,1,3H3;3-7H,1H2,2H3;1-2H3. The van der Waals surface area contributed by atoms with Crippen molar-refractivity contribution in [3.63, 3.8) is 0 Å². The van der Waals surface area contributed by atoms with E-state index in [0.29, 0.717) is 5.92 Å². The third kappa shape index (κ3) is 8.99. The lowest BCUT2D eigenvalue weighted by Crippen LogP contribution is -2.14. The molecule has 1 nitrogen and oxygen atoms in total. The van der Waals surface area contributed by atoms with Gasteiger partial charge in [0.15, 0.2) is 0 Å². The van der Waals surface area contributed by atoms with Crippen LogP contribution < -0.4 is 5.32 Å². The largest absolute Gasteiger partial charge is 0.392 e. The Bertz CT molecular complexity index is 569. The van der Waals surface area contributed by atoms with Gasteiger partial charge in [0, 0.05) is 12.7 Å². The summed E-state index contributed by atoms with van der Waals surface area (Å²) in [6.45, 7) is 16.0. The molecule has 130 valence electrons. The number of hydrogen-bond donors (Lipinski definition) is 1. The SMILES string of the molecule is C=C(C)c1ccccc1.C=C(NC)C(C)Cc1ccccc1.CC. The number of benzene rings is 2. The Morgan fingerprint density at radius 1 is 0.917 bits per heavy atom. The van der Waals surface area contributed by atoms with E-state index in [2.05, 4.69) is 61.8 Å². The molecule has 24 heavy (non-hydrogen) atoms. The average Bonchev–Trinajstić information content (AvgIpc) is 2.64. The minimum atomic E-state index is 0.493. The van der Waals surface area contributed by atoms with Gasteiger partial charge < -0.3 is 5.32 Å². The first kappa shape index (κ1) is 21.7. The third-order valence-electron chi connectivity index (χ3n) is 3.57. The first-order valence-electron chi connectivity index (χ1n) is 8.66. The van der Waals surface area contributed by atoms with Gasteiger partial charge in [-0.15, -0.1) is 0 Å². The van der Waals surface area contributed by atoms with Crippen LogP contribution in [0.2, 0.25) is 0 Å². The summed E-state index contributed by atoms with van der Waals surface area (Å²) in [5.41, 5.74) is 4.81.